The van der Waals surface area contributed by atoms with Crippen LogP contribution in [-0.2, 0) is 10.4 Å². The number of non-ortho nitro benzene ring substituents is 1. The highest BCUT2D eigenvalue weighted by molar-refractivity contribution is 7.79. The van der Waals surface area contributed by atoms with Crippen molar-refractivity contribution in [1.82, 2.24) is 0 Å². The lowest BCUT2D eigenvalue weighted by molar-refractivity contribution is -0.384. The van der Waals surface area contributed by atoms with Gasteiger partial charge in [-0.05, 0) is 0 Å². The molecule has 0 aliphatic carbocycles. The van der Waals surface area contributed by atoms with E-state index in [2.05, 4.69) is 0 Å². The van der Waals surface area contributed by atoms with Crippen molar-refractivity contribution < 1.29 is 22.4 Å². The summed E-state index contributed by atoms with van der Waals surface area (Å²) in [5, 5.41) is 12.5. The highest BCUT2D eigenvalue weighted by Crippen LogP contribution is 2.29. The van der Waals surface area contributed by atoms with Gasteiger partial charge < -0.3 is 4.55 Å². The molecule has 10 heteroatoms. The van der Waals surface area contributed by atoms with Gasteiger partial charge in [0.15, 0.2) is 10.3 Å². The van der Waals surface area contributed by atoms with Gasteiger partial charge in [-0.15, -0.1) is 0 Å². The van der Waals surface area contributed by atoms with Crippen LogP contribution < -0.4 is 0 Å². The Hall–Kier alpha value is -1.46. The number of benzene rings is 1. The molecule has 1 heterocycles. The number of nitro groups is 1. The van der Waals surface area contributed by atoms with E-state index in [9.17, 15) is 10.1 Å². The van der Waals surface area contributed by atoms with E-state index in [4.69, 9.17) is 17.5 Å². The van der Waals surface area contributed by atoms with E-state index >= 15 is 0 Å². The first-order chi connectivity index (χ1) is 8.77. The average Bonchev–Trinajstić information content (AvgIpc) is 2.80. The predicted molar refractivity (Wildman–Crippen MR) is 71.0 cm³/mol. The fourth-order valence-corrected chi connectivity index (χ4v) is 3.00. The highest BCUT2D eigenvalue weighted by atomic mass is 32.9. The van der Waals surface area contributed by atoms with Crippen molar-refractivity contribution in [3.8, 4) is 10.4 Å². The van der Waals surface area contributed by atoms with Gasteiger partial charge in [0, 0.05) is 23.8 Å². The molecule has 102 valence electrons. The third-order valence-corrected chi connectivity index (χ3v) is 3.81. The summed E-state index contributed by atoms with van der Waals surface area (Å²) in [5.41, 5.74) is 1.05. The predicted octanol–water partition coefficient (Wildman–Crippen LogP) is 2.67. The van der Waals surface area contributed by atoms with E-state index in [0.717, 1.165) is 10.4 Å². The molecule has 0 aliphatic heterocycles. The molecule has 1 aromatic carbocycles. The van der Waals surface area contributed by atoms with Crippen molar-refractivity contribution in [2.24, 2.45) is 0 Å². The summed E-state index contributed by atoms with van der Waals surface area (Å²) in [6.45, 7) is 0. The molecule has 0 radical (unpaired) electrons. The zero-order chi connectivity index (χ0) is 14.5. The molecule has 1 aromatic heterocycles. The van der Waals surface area contributed by atoms with Crippen molar-refractivity contribution in [3.63, 3.8) is 0 Å². The van der Waals surface area contributed by atoms with Crippen LogP contribution in [0.1, 0.15) is 0 Å². The van der Waals surface area contributed by atoms with Crippen molar-refractivity contribution in [2.75, 3.05) is 0 Å². The first-order valence-electron chi connectivity index (χ1n) is 4.57. The van der Waals surface area contributed by atoms with E-state index in [1.807, 2.05) is 17.5 Å². The van der Waals surface area contributed by atoms with Crippen LogP contribution in [-0.4, -0.2) is 22.4 Å². The molecule has 0 fully saturated rings. The van der Waals surface area contributed by atoms with Crippen LogP contribution in [0, 0.1) is 10.1 Å². The fraction of sp³-hybridized carbons (Fsp3) is 0. The summed E-state index contributed by atoms with van der Waals surface area (Å²) in [7, 11) is -1.68. The van der Waals surface area contributed by atoms with Crippen LogP contribution in [0.3, 0.4) is 0 Å². The maximum Gasteiger partial charge on any atom is 0.292 e. The van der Waals surface area contributed by atoms with Gasteiger partial charge in [-0.2, -0.15) is 0 Å². The number of hydrogen-bond acceptors (Lipinski definition) is 6. The Bertz CT molecular complexity index is 644. The first kappa shape index (κ1) is 15.6. The summed E-state index contributed by atoms with van der Waals surface area (Å²) in [4.78, 5) is 11.2. The third kappa shape index (κ3) is 6.31. The van der Waals surface area contributed by atoms with Gasteiger partial charge in [-0.1, -0.05) is 12.1 Å². The zero-order valence-corrected chi connectivity index (χ0v) is 11.6. The number of nitro benzene ring substituents is 1. The Morgan fingerprint density at radius 1 is 1.32 bits per heavy atom. The molecule has 0 aliphatic rings. The normalized spacial score (nSPS) is 10.4. The fourth-order valence-electron chi connectivity index (χ4n) is 1.11. The quantitative estimate of drug-likeness (QED) is 0.227. The Morgan fingerprint density at radius 2 is 1.95 bits per heavy atom. The van der Waals surface area contributed by atoms with Crippen LogP contribution in [0.2, 0.25) is 0 Å². The number of hydrogen-bond donors (Lipinski definition) is 1. The molecule has 7 nitrogen and oxygen atoms in total. The molecule has 2 rings (SSSR count). The van der Waals surface area contributed by atoms with Crippen molar-refractivity contribution in [3.05, 3.63) is 45.8 Å². The second-order valence-electron chi connectivity index (χ2n) is 3.08. The maximum absolute atomic E-state index is 10.5. The Morgan fingerprint density at radius 3 is 2.42 bits per heavy atom. The summed E-state index contributed by atoms with van der Waals surface area (Å²) in [5.74, 6) is 0. The van der Waals surface area contributed by atoms with Gasteiger partial charge in [0.05, 0.1) is 9.80 Å². The summed E-state index contributed by atoms with van der Waals surface area (Å²) in [6, 6.07) is 8.65. The van der Waals surface area contributed by atoms with E-state index in [-0.39, 0.29) is 10.6 Å². The van der Waals surface area contributed by atoms with Gasteiger partial charge in [0.25, 0.3) is 16.0 Å². The van der Waals surface area contributed by atoms with Gasteiger partial charge in [-0.3, -0.25) is 14.7 Å². The number of rotatable bonds is 2. The SMILES string of the molecule is O=S(=O)([O-])O.O=[N+]([O-])c1cccc(-c2cc[s+]s2)c1. The lowest BCUT2D eigenvalue weighted by Crippen LogP contribution is -1.90. The van der Waals surface area contributed by atoms with Gasteiger partial charge in [0.1, 0.15) is 0 Å². The maximum atomic E-state index is 10.5. The lowest BCUT2D eigenvalue weighted by atomic mass is 10.2. The Balaban J connectivity index is 0.000000312. The molecule has 0 amide bonds. The second-order valence-corrected chi connectivity index (χ2v) is 6.09. The summed E-state index contributed by atoms with van der Waals surface area (Å²) >= 11 is 0. The smallest absolute Gasteiger partial charge is 0.292 e. The van der Waals surface area contributed by atoms with Gasteiger partial charge in [0.2, 0.25) is 15.8 Å². The highest BCUT2D eigenvalue weighted by Gasteiger charge is 2.10. The molecule has 0 saturated carbocycles. The minimum atomic E-state index is -4.92. The second kappa shape index (κ2) is 6.63. The lowest BCUT2D eigenvalue weighted by Gasteiger charge is -1.94. The van der Waals surface area contributed by atoms with E-state index in [1.54, 1.807) is 32.8 Å². The van der Waals surface area contributed by atoms with Crippen LogP contribution in [0.15, 0.2) is 35.7 Å². The average molecular weight is 321 g/mol. The van der Waals surface area contributed by atoms with Crippen LogP contribution in [0.25, 0.3) is 10.4 Å². The molecule has 19 heavy (non-hydrogen) atoms. The van der Waals surface area contributed by atoms with E-state index in [1.165, 1.54) is 6.07 Å². The third-order valence-electron chi connectivity index (χ3n) is 1.75. The molecule has 0 saturated heterocycles. The summed E-state index contributed by atoms with van der Waals surface area (Å²) < 4.78 is 32.8. The molecular formula is C9H7NO6S3. The molecular weight excluding hydrogens is 314 g/mol. The number of nitrogens with zero attached hydrogens (tertiary/aromatic N) is 1. The molecule has 0 atom stereocenters. The molecule has 1 N–H and O–H groups in total. The largest absolute Gasteiger partial charge is 0.726 e. The molecule has 2 aromatic rings. The Kier molecular flexibility index (Phi) is 5.44. The topological polar surface area (TPSA) is 121 Å². The first-order valence-corrected chi connectivity index (χ1v) is 8.15. The van der Waals surface area contributed by atoms with Gasteiger partial charge in [-0.25, -0.2) is 8.42 Å². The molecule has 0 spiro atoms. The van der Waals surface area contributed by atoms with Gasteiger partial charge >= 0.3 is 0 Å². The standard InChI is InChI=1S/C9H6NO2S2.H2O4S/c11-10(12)8-3-1-2-7(6-8)9-4-5-13-14-9;1-5(2,3)4/h1-6H;(H2,1,2,3,4)/q+1;/p-1. The minimum Gasteiger partial charge on any atom is -0.726 e. The van der Waals surface area contributed by atoms with Crippen molar-refractivity contribution in [1.29, 1.82) is 0 Å². The minimum absolute atomic E-state index is 0.140. The van der Waals surface area contributed by atoms with E-state index in [0.29, 0.717) is 0 Å². The van der Waals surface area contributed by atoms with Crippen LogP contribution >= 0.6 is 20.7 Å². The van der Waals surface area contributed by atoms with Crippen LogP contribution in [0.5, 0.6) is 0 Å². The monoisotopic (exact) mass is 321 g/mol. The van der Waals surface area contributed by atoms with Crippen LogP contribution in [0.4, 0.5) is 5.69 Å². The van der Waals surface area contributed by atoms with Crippen molar-refractivity contribution in [2.45, 2.75) is 0 Å². The van der Waals surface area contributed by atoms with E-state index < -0.39 is 10.4 Å². The Labute approximate surface area is 115 Å². The molecule has 0 unspecified atom stereocenters. The zero-order valence-electron chi connectivity index (χ0n) is 9.12. The van der Waals surface area contributed by atoms with Crippen molar-refractivity contribution >= 4 is 36.8 Å². The summed E-state index contributed by atoms with van der Waals surface area (Å²) in [6.07, 6.45) is 0. The molecule has 0 bridgehead atoms.